The van der Waals surface area contributed by atoms with Crippen molar-refractivity contribution in [3.05, 3.63) is 0 Å². The van der Waals surface area contributed by atoms with Gasteiger partial charge in [0.1, 0.15) is 0 Å². The third-order valence-electron chi connectivity index (χ3n) is 1.20. The van der Waals surface area contributed by atoms with Gasteiger partial charge in [-0.2, -0.15) is 0 Å². The summed E-state index contributed by atoms with van der Waals surface area (Å²) in [5.41, 5.74) is 10.2. The van der Waals surface area contributed by atoms with E-state index in [1.807, 2.05) is 0 Å². The molecule has 0 saturated heterocycles. The topological polar surface area (TPSA) is 69.1 Å². The van der Waals surface area contributed by atoms with Gasteiger partial charge in [0.15, 0.2) is 0 Å². The van der Waals surface area contributed by atoms with Crippen LogP contribution < -0.4 is 11.5 Å². The van der Waals surface area contributed by atoms with Gasteiger partial charge in [0.05, 0.1) is 6.04 Å². The summed E-state index contributed by atoms with van der Waals surface area (Å²) in [7, 11) is 0. The van der Waals surface area contributed by atoms with Crippen molar-refractivity contribution >= 4 is 5.91 Å². The average Bonchev–Trinajstić information content (AvgIpc) is 1.88. The first-order chi connectivity index (χ1) is 4.68. The molecular weight excluding hydrogens is 128 g/mol. The fourth-order valence-corrected chi connectivity index (χ4v) is 0.566. The Hall–Kier alpha value is -1.01. The van der Waals surface area contributed by atoms with Crippen LogP contribution in [-0.2, 0) is 4.79 Å². The first kappa shape index (κ1) is 8.99. The van der Waals surface area contributed by atoms with E-state index >= 15 is 0 Å². The number of terminal acetylenes is 1. The Bertz CT molecular complexity index is 148. The second kappa shape index (κ2) is 4.83. The van der Waals surface area contributed by atoms with Crippen LogP contribution in [0.2, 0.25) is 0 Å². The SMILES string of the molecule is C#CCCCC(N)C(N)=O. The van der Waals surface area contributed by atoms with Crippen molar-refractivity contribution < 1.29 is 4.79 Å². The van der Waals surface area contributed by atoms with E-state index < -0.39 is 11.9 Å². The van der Waals surface area contributed by atoms with Crippen LogP contribution in [-0.4, -0.2) is 11.9 Å². The lowest BCUT2D eigenvalue weighted by atomic mass is 10.1. The molecule has 0 aliphatic rings. The lowest BCUT2D eigenvalue weighted by Gasteiger charge is -2.03. The Labute approximate surface area is 60.8 Å². The molecule has 0 aliphatic carbocycles. The molecule has 10 heavy (non-hydrogen) atoms. The van der Waals surface area contributed by atoms with Gasteiger partial charge >= 0.3 is 0 Å². The van der Waals surface area contributed by atoms with Crippen LogP contribution in [0.5, 0.6) is 0 Å². The monoisotopic (exact) mass is 140 g/mol. The van der Waals surface area contributed by atoms with E-state index in [1.54, 1.807) is 0 Å². The molecule has 0 saturated carbocycles. The molecule has 0 rings (SSSR count). The van der Waals surface area contributed by atoms with Crippen LogP contribution in [0.1, 0.15) is 19.3 Å². The summed E-state index contributed by atoms with van der Waals surface area (Å²) in [4.78, 5) is 10.3. The number of carbonyl (C=O) groups excluding carboxylic acids is 1. The van der Waals surface area contributed by atoms with Gasteiger partial charge in [0.2, 0.25) is 5.91 Å². The van der Waals surface area contributed by atoms with Crippen molar-refractivity contribution in [1.82, 2.24) is 0 Å². The Morgan fingerprint density at radius 3 is 2.70 bits per heavy atom. The molecule has 0 aliphatic heterocycles. The van der Waals surface area contributed by atoms with Gasteiger partial charge < -0.3 is 11.5 Å². The third kappa shape index (κ3) is 3.93. The van der Waals surface area contributed by atoms with Crippen molar-refractivity contribution in [3.63, 3.8) is 0 Å². The fourth-order valence-electron chi connectivity index (χ4n) is 0.566. The predicted octanol–water partition coefficient (Wildman–Crippen LogP) is -0.398. The summed E-state index contributed by atoms with van der Waals surface area (Å²) >= 11 is 0. The quantitative estimate of drug-likeness (QED) is 0.412. The second-order valence-electron chi connectivity index (χ2n) is 2.11. The van der Waals surface area contributed by atoms with E-state index in [2.05, 4.69) is 5.92 Å². The van der Waals surface area contributed by atoms with Crippen molar-refractivity contribution in [2.24, 2.45) is 11.5 Å². The number of hydrogen-bond donors (Lipinski definition) is 2. The van der Waals surface area contributed by atoms with Crippen LogP contribution in [0, 0.1) is 12.3 Å². The van der Waals surface area contributed by atoms with E-state index in [0.29, 0.717) is 12.8 Å². The minimum absolute atomic E-state index is 0.461. The summed E-state index contributed by atoms with van der Waals surface area (Å²) < 4.78 is 0. The molecule has 3 heteroatoms. The van der Waals surface area contributed by atoms with Gasteiger partial charge in [-0.3, -0.25) is 4.79 Å². The zero-order valence-corrected chi connectivity index (χ0v) is 5.84. The van der Waals surface area contributed by atoms with Gasteiger partial charge in [0.25, 0.3) is 0 Å². The molecule has 0 heterocycles. The van der Waals surface area contributed by atoms with E-state index in [0.717, 1.165) is 6.42 Å². The predicted molar refractivity (Wildman–Crippen MR) is 39.9 cm³/mol. The Balaban J connectivity index is 3.32. The molecule has 0 bridgehead atoms. The maximum atomic E-state index is 10.3. The minimum Gasteiger partial charge on any atom is -0.368 e. The highest BCUT2D eigenvalue weighted by molar-refractivity contribution is 5.79. The summed E-state index contributed by atoms with van der Waals surface area (Å²) in [6.45, 7) is 0. The number of amides is 1. The van der Waals surface area contributed by atoms with Crippen LogP contribution in [0.3, 0.4) is 0 Å². The standard InChI is InChI=1S/C7H12N2O/c1-2-3-4-5-6(8)7(9)10/h1,6H,3-5,8H2,(H2,9,10). The average molecular weight is 140 g/mol. The van der Waals surface area contributed by atoms with E-state index in [9.17, 15) is 4.79 Å². The molecule has 56 valence electrons. The van der Waals surface area contributed by atoms with Gasteiger partial charge in [-0.25, -0.2) is 0 Å². The fraction of sp³-hybridized carbons (Fsp3) is 0.571. The summed E-state index contributed by atoms with van der Waals surface area (Å²) in [6, 6.07) is -0.534. The van der Waals surface area contributed by atoms with Gasteiger partial charge in [0, 0.05) is 6.42 Å². The third-order valence-corrected chi connectivity index (χ3v) is 1.20. The largest absolute Gasteiger partial charge is 0.368 e. The molecule has 0 aromatic heterocycles. The van der Waals surface area contributed by atoms with Gasteiger partial charge in [-0.05, 0) is 12.8 Å². The lowest BCUT2D eigenvalue weighted by Crippen LogP contribution is -2.36. The number of primary amides is 1. The zero-order chi connectivity index (χ0) is 7.98. The van der Waals surface area contributed by atoms with Crippen molar-refractivity contribution in [1.29, 1.82) is 0 Å². The van der Waals surface area contributed by atoms with Crippen molar-refractivity contribution in [2.75, 3.05) is 0 Å². The number of rotatable bonds is 4. The number of unbranched alkanes of at least 4 members (excludes halogenated alkanes) is 1. The Kier molecular flexibility index (Phi) is 4.34. The molecule has 0 spiro atoms. The maximum absolute atomic E-state index is 10.3. The molecule has 3 nitrogen and oxygen atoms in total. The molecule has 0 aromatic carbocycles. The van der Waals surface area contributed by atoms with E-state index in [1.165, 1.54) is 0 Å². The summed E-state index contributed by atoms with van der Waals surface area (Å²) in [5, 5.41) is 0. The highest BCUT2D eigenvalue weighted by Crippen LogP contribution is 1.96. The second-order valence-corrected chi connectivity index (χ2v) is 2.11. The smallest absolute Gasteiger partial charge is 0.234 e. The van der Waals surface area contributed by atoms with Gasteiger partial charge in [-0.1, -0.05) is 0 Å². The molecule has 0 aromatic rings. The van der Waals surface area contributed by atoms with Crippen molar-refractivity contribution in [2.45, 2.75) is 25.3 Å². The molecular formula is C7H12N2O. The van der Waals surface area contributed by atoms with Crippen LogP contribution in [0.4, 0.5) is 0 Å². The minimum atomic E-state index is -0.534. The summed E-state index contributed by atoms with van der Waals surface area (Å²) in [5.74, 6) is 1.99. The first-order valence-electron chi connectivity index (χ1n) is 3.17. The molecule has 0 radical (unpaired) electrons. The first-order valence-corrected chi connectivity index (χ1v) is 3.17. The van der Waals surface area contributed by atoms with Crippen LogP contribution >= 0.6 is 0 Å². The molecule has 1 unspecified atom stereocenters. The zero-order valence-electron chi connectivity index (χ0n) is 5.84. The highest BCUT2D eigenvalue weighted by Gasteiger charge is 2.06. The molecule has 0 fully saturated rings. The molecule has 1 atom stereocenters. The Morgan fingerprint density at radius 1 is 1.70 bits per heavy atom. The molecule has 1 amide bonds. The molecule has 4 N–H and O–H groups in total. The normalized spacial score (nSPS) is 12.0. The Morgan fingerprint density at radius 2 is 2.30 bits per heavy atom. The number of hydrogen-bond acceptors (Lipinski definition) is 2. The maximum Gasteiger partial charge on any atom is 0.234 e. The summed E-state index contributed by atoms with van der Waals surface area (Å²) in [6.07, 6.45) is 6.98. The highest BCUT2D eigenvalue weighted by atomic mass is 16.1. The van der Waals surface area contributed by atoms with Crippen LogP contribution in [0.15, 0.2) is 0 Å². The number of carbonyl (C=O) groups is 1. The van der Waals surface area contributed by atoms with E-state index in [-0.39, 0.29) is 0 Å². The lowest BCUT2D eigenvalue weighted by molar-refractivity contribution is -0.119. The van der Waals surface area contributed by atoms with Crippen molar-refractivity contribution in [3.8, 4) is 12.3 Å². The van der Waals surface area contributed by atoms with Gasteiger partial charge in [-0.15, -0.1) is 12.3 Å². The number of nitrogens with two attached hydrogens (primary N) is 2. The van der Waals surface area contributed by atoms with E-state index in [4.69, 9.17) is 17.9 Å². The van der Waals surface area contributed by atoms with Crippen LogP contribution in [0.25, 0.3) is 0 Å².